The van der Waals surface area contributed by atoms with Crippen molar-refractivity contribution < 1.29 is 9.18 Å². The first-order valence-corrected chi connectivity index (χ1v) is 9.39. The topological polar surface area (TPSA) is 70.2 Å². The number of likely N-dealkylation sites (N-methyl/N-ethyl adjacent to an activating group) is 1. The molecule has 1 amide bonds. The van der Waals surface area contributed by atoms with Gasteiger partial charge in [0.05, 0.1) is 32.3 Å². The first-order chi connectivity index (χ1) is 13.9. The number of anilines is 3. The molecule has 1 heterocycles. The van der Waals surface area contributed by atoms with Gasteiger partial charge in [0.1, 0.15) is 12.1 Å². The zero-order chi connectivity index (χ0) is 21.0. The van der Waals surface area contributed by atoms with Crippen LogP contribution in [0.1, 0.15) is 0 Å². The Morgan fingerprint density at radius 2 is 1.97 bits per heavy atom. The number of nitrogens with one attached hydrogen (secondary N) is 2. The average Bonchev–Trinajstić information content (AvgIpc) is 2.67. The second kappa shape index (κ2) is 9.17. The largest absolute Gasteiger partial charge is 0.337 e. The number of carbonyl (C=O) groups excluding carboxylic acids is 1. The van der Waals surface area contributed by atoms with Crippen molar-refractivity contribution in [3.05, 3.63) is 64.7 Å². The minimum atomic E-state index is -0.604. The Morgan fingerprint density at radius 3 is 2.72 bits per heavy atom. The zero-order valence-electron chi connectivity index (χ0n) is 15.7. The fourth-order valence-electron chi connectivity index (χ4n) is 2.58. The molecular weight excluding hydrogens is 416 g/mol. The SMILES string of the molecule is CN(C)C/C=C/C(=O)Nc1ccc2ncnc(Nc3cccc(Cl)c3F)c2c1Cl. The Kier molecular flexibility index (Phi) is 6.64. The number of aromatic nitrogens is 2. The molecule has 0 saturated carbocycles. The fraction of sp³-hybridized carbons (Fsp3) is 0.150. The van der Waals surface area contributed by atoms with Crippen LogP contribution in [0.3, 0.4) is 0 Å². The molecule has 0 aliphatic carbocycles. The van der Waals surface area contributed by atoms with Crippen molar-refractivity contribution in [2.45, 2.75) is 0 Å². The van der Waals surface area contributed by atoms with Crippen LogP contribution in [-0.2, 0) is 4.79 Å². The summed E-state index contributed by atoms with van der Waals surface area (Å²) in [5, 5.41) is 6.30. The minimum Gasteiger partial charge on any atom is -0.337 e. The van der Waals surface area contributed by atoms with E-state index >= 15 is 0 Å². The molecule has 0 bridgehead atoms. The molecule has 0 fully saturated rings. The average molecular weight is 434 g/mol. The molecule has 0 aliphatic rings. The molecule has 150 valence electrons. The number of rotatable bonds is 6. The number of halogens is 3. The summed E-state index contributed by atoms with van der Waals surface area (Å²) in [7, 11) is 3.81. The second-order valence-corrected chi connectivity index (χ2v) is 7.21. The van der Waals surface area contributed by atoms with Gasteiger partial charge in [-0.2, -0.15) is 0 Å². The normalized spacial score (nSPS) is 11.4. The highest BCUT2D eigenvalue weighted by molar-refractivity contribution is 6.39. The Hall–Kier alpha value is -2.74. The number of fused-ring (bicyclic) bond motifs is 1. The van der Waals surface area contributed by atoms with Crippen molar-refractivity contribution in [1.29, 1.82) is 0 Å². The number of benzene rings is 2. The highest BCUT2D eigenvalue weighted by Crippen LogP contribution is 2.36. The van der Waals surface area contributed by atoms with Gasteiger partial charge in [0.2, 0.25) is 5.91 Å². The van der Waals surface area contributed by atoms with E-state index in [0.717, 1.165) is 0 Å². The van der Waals surface area contributed by atoms with E-state index < -0.39 is 5.82 Å². The molecule has 3 aromatic rings. The third-order valence-corrected chi connectivity index (χ3v) is 4.63. The van der Waals surface area contributed by atoms with Crippen LogP contribution in [0.2, 0.25) is 10.0 Å². The maximum atomic E-state index is 14.3. The summed E-state index contributed by atoms with van der Waals surface area (Å²) in [4.78, 5) is 22.4. The van der Waals surface area contributed by atoms with E-state index in [0.29, 0.717) is 29.0 Å². The summed E-state index contributed by atoms with van der Waals surface area (Å²) in [5.41, 5.74) is 1.08. The van der Waals surface area contributed by atoms with E-state index in [1.165, 1.54) is 24.5 Å². The van der Waals surface area contributed by atoms with E-state index in [2.05, 4.69) is 20.6 Å². The lowest BCUT2D eigenvalue weighted by Crippen LogP contribution is -2.13. The Labute approximate surface area is 177 Å². The summed E-state index contributed by atoms with van der Waals surface area (Å²) in [6.45, 7) is 0.631. The van der Waals surface area contributed by atoms with E-state index in [1.807, 2.05) is 19.0 Å². The predicted octanol–water partition coefficient (Wildman–Crippen LogP) is 4.88. The van der Waals surface area contributed by atoms with Crippen molar-refractivity contribution in [2.75, 3.05) is 31.3 Å². The molecule has 3 rings (SSSR count). The Bertz CT molecular complexity index is 1090. The van der Waals surface area contributed by atoms with Crippen molar-refractivity contribution in [2.24, 2.45) is 0 Å². The van der Waals surface area contributed by atoms with Gasteiger partial charge in [0.25, 0.3) is 0 Å². The van der Waals surface area contributed by atoms with Gasteiger partial charge in [-0.25, -0.2) is 14.4 Å². The maximum Gasteiger partial charge on any atom is 0.248 e. The summed E-state index contributed by atoms with van der Waals surface area (Å²) in [5.74, 6) is -0.631. The van der Waals surface area contributed by atoms with Gasteiger partial charge >= 0.3 is 0 Å². The Morgan fingerprint density at radius 1 is 1.17 bits per heavy atom. The number of hydrogen-bond donors (Lipinski definition) is 2. The van der Waals surface area contributed by atoms with Gasteiger partial charge in [0.15, 0.2) is 5.82 Å². The summed E-state index contributed by atoms with van der Waals surface area (Å²) in [6, 6.07) is 7.94. The van der Waals surface area contributed by atoms with Crippen LogP contribution in [0.4, 0.5) is 21.6 Å². The molecule has 2 aromatic carbocycles. The fourth-order valence-corrected chi connectivity index (χ4v) is 3.05. The highest BCUT2D eigenvalue weighted by Gasteiger charge is 2.15. The lowest BCUT2D eigenvalue weighted by molar-refractivity contribution is -0.111. The van der Waals surface area contributed by atoms with Gasteiger partial charge in [-0.1, -0.05) is 35.3 Å². The lowest BCUT2D eigenvalue weighted by Gasteiger charge is -2.13. The molecule has 0 unspecified atom stereocenters. The quantitative estimate of drug-likeness (QED) is 0.542. The molecule has 2 N–H and O–H groups in total. The number of carbonyl (C=O) groups is 1. The van der Waals surface area contributed by atoms with E-state index in [1.54, 1.807) is 24.3 Å². The van der Waals surface area contributed by atoms with Crippen LogP contribution in [0.15, 0.2) is 48.8 Å². The van der Waals surface area contributed by atoms with Crippen molar-refractivity contribution in [3.8, 4) is 0 Å². The molecule has 29 heavy (non-hydrogen) atoms. The monoisotopic (exact) mass is 433 g/mol. The van der Waals surface area contributed by atoms with Crippen LogP contribution in [0.25, 0.3) is 10.9 Å². The predicted molar refractivity (Wildman–Crippen MR) is 116 cm³/mol. The Balaban J connectivity index is 1.94. The third-order valence-electron chi connectivity index (χ3n) is 3.94. The standard InChI is InChI=1S/C20H18Cl2FN5O/c1-28(2)10-4-7-16(29)26-14-9-8-13-17(18(14)22)20(25-11-24-13)27-15-6-3-5-12(21)19(15)23/h3-9,11H,10H2,1-2H3,(H,26,29)(H,24,25,27)/b7-4+. The highest BCUT2D eigenvalue weighted by atomic mass is 35.5. The van der Waals surface area contributed by atoms with Crippen LogP contribution >= 0.6 is 23.2 Å². The zero-order valence-corrected chi connectivity index (χ0v) is 17.2. The van der Waals surface area contributed by atoms with E-state index in [9.17, 15) is 9.18 Å². The molecular formula is C20H18Cl2FN5O. The van der Waals surface area contributed by atoms with Crippen LogP contribution in [0, 0.1) is 5.82 Å². The molecule has 0 aliphatic heterocycles. The van der Waals surface area contributed by atoms with Crippen LogP contribution in [-0.4, -0.2) is 41.4 Å². The van der Waals surface area contributed by atoms with Gasteiger partial charge in [-0.05, 0) is 38.4 Å². The van der Waals surface area contributed by atoms with Gasteiger partial charge in [-0.15, -0.1) is 0 Å². The number of amides is 1. The smallest absolute Gasteiger partial charge is 0.248 e. The van der Waals surface area contributed by atoms with Crippen LogP contribution < -0.4 is 10.6 Å². The molecule has 6 nitrogen and oxygen atoms in total. The second-order valence-electron chi connectivity index (χ2n) is 6.42. The number of nitrogens with zero attached hydrogens (tertiary/aromatic N) is 3. The van der Waals surface area contributed by atoms with Gasteiger partial charge < -0.3 is 15.5 Å². The third kappa shape index (κ3) is 5.00. The van der Waals surface area contributed by atoms with E-state index in [4.69, 9.17) is 23.2 Å². The molecule has 1 aromatic heterocycles. The van der Waals surface area contributed by atoms with Gasteiger partial charge in [-0.3, -0.25) is 4.79 Å². The first kappa shape index (κ1) is 21.0. The van der Waals surface area contributed by atoms with E-state index in [-0.39, 0.29) is 21.6 Å². The molecule has 0 spiro atoms. The molecule has 9 heteroatoms. The van der Waals surface area contributed by atoms with Crippen molar-refractivity contribution in [1.82, 2.24) is 14.9 Å². The first-order valence-electron chi connectivity index (χ1n) is 8.63. The lowest BCUT2D eigenvalue weighted by atomic mass is 10.2. The number of hydrogen-bond acceptors (Lipinski definition) is 5. The van der Waals surface area contributed by atoms with Crippen LogP contribution in [0.5, 0.6) is 0 Å². The summed E-state index contributed by atoms with van der Waals surface area (Å²) >= 11 is 12.4. The maximum absolute atomic E-state index is 14.3. The molecule has 0 radical (unpaired) electrons. The van der Waals surface area contributed by atoms with Crippen molar-refractivity contribution in [3.63, 3.8) is 0 Å². The molecule has 0 atom stereocenters. The minimum absolute atomic E-state index is 0.0167. The summed E-state index contributed by atoms with van der Waals surface area (Å²) < 4.78 is 14.3. The summed E-state index contributed by atoms with van der Waals surface area (Å²) in [6.07, 6.45) is 4.51. The van der Waals surface area contributed by atoms with Crippen molar-refractivity contribution >= 4 is 57.2 Å². The van der Waals surface area contributed by atoms with Gasteiger partial charge in [0, 0.05) is 12.6 Å². The molecule has 0 saturated heterocycles.